The summed E-state index contributed by atoms with van der Waals surface area (Å²) in [5, 5.41) is 44.0. The fraction of sp³-hybridized carbons (Fsp3) is 0.526. The van der Waals surface area contributed by atoms with Gasteiger partial charge in [0.05, 0.1) is 44.4 Å². The van der Waals surface area contributed by atoms with Crippen molar-refractivity contribution in [1.82, 2.24) is 4.39 Å². The molecule has 0 aliphatic heterocycles. The Morgan fingerprint density at radius 2 is 0.787 bits per heavy atom. The molecule has 29 nitrogen and oxygen atoms in total. The van der Waals surface area contributed by atoms with E-state index in [0.717, 1.165) is 12.1 Å². The summed E-state index contributed by atoms with van der Waals surface area (Å²) >= 11 is 0. The Kier molecular flexibility index (Phi) is 28.7. The van der Waals surface area contributed by atoms with Crippen LogP contribution in [0.5, 0.6) is 0 Å². The minimum atomic E-state index is -3.95. The molecule has 0 spiro atoms. The number of hydrogen-bond donors (Lipinski definition) is 7. The molecule has 0 fully saturated rings. The van der Waals surface area contributed by atoms with E-state index in [1.165, 1.54) is 67.4 Å². The van der Waals surface area contributed by atoms with E-state index in [4.69, 9.17) is 52.6 Å². The lowest BCUT2D eigenvalue weighted by molar-refractivity contribution is 0.0589. The average Bonchev–Trinajstić information content (AvgIpc) is 1.48. The number of sulfonamides is 3. The Hall–Kier alpha value is -5.72. The molecule has 37 heteroatoms. The zero-order valence-corrected chi connectivity index (χ0v) is 64.4. The number of nitrogens with zero attached hydrogens (tertiary/aromatic N) is 1. The van der Waals surface area contributed by atoms with Crippen LogP contribution in [0.2, 0.25) is 36.3 Å². The van der Waals surface area contributed by atoms with Gasteiger partial charge in [0, 0.05) is 57.7 Å². The molecule has 0 radical (unpaired) electrons. The number of rotatable bonds is 14. The number of nitrogens with two attached hydrogens (primary N) is 3. The maximum absolute atomic E-state index is 12.8. The number of carbonyl (C=O) groups excluding carboxylic acids is 3. The topological polar surface area (TPSA) is 475 Å². The molecule has 0 saturated carbocycles. The Balaban J connectivity index is 0.000000573. The number of halogens is 1. The third-order valence-corrected chi connectivity index (χ3v) is 32.0. The summed E-state index contributed by atoms with van der Waals surface area (Å²) in [4.78, 5) is 32.9. The lowest BCUT2D eigenvalue weighted by Crippen LogP contribution is -2.54. The molecule has 6 aromatic rings. The van der Waals surface area contributed by atoms with Crippen LogP contribution in [-0.2, 0) is 80.0 Å². The highest BCUT2D eigenvalue weighted by molar-refractivity contribution is 8.13. The molecule has 1 unspecified atom stereocenters. The fourth-order valence-electron chi connectivity index (χ4n) is 7.17. The van der Waals surface area contributed by atoms with Crippen LogP contribution >= 0.6 is 10.7 Å². The van der Waals surface area contributed by atoms with Gasteiger partial charge in [-0.1, -0.05) is 54.6 Å². The van der Waals surface area contributed by atoms with Crippen LogP contribution in [0.25, 0.3) is 0 Å². The summed E-state index contributed by atoms with van der Waals surface area (Å²) in [5.74, 6) is 0.481. The molecule has 0 saturated heterocycles. The lowest BCUT2D eigenvalue weighted by Gasteiger charge is -2.36. The largest absolute Gasteiger partial charge is 0.469 e. The van der Waals surface area contributed by atoms with E-state index >= 15 is 0 Å². The lowest BCUT2D eigenvalue weighted by atomic mass is 10.00. The maximum Gasteiger partial charge on any atom is 0.341 e. The molecule has 6 aromatic heterocycles. The highest BCUT2D eigenvalue weighted by atomic mass is 35.7. The number of ether oxygens (including phenoxy) is 3. The van der Waals surface area contributed by atoms with Gasteiger partial charge in [0.25, 0.3) is 39.1 Å². The van der Waals surface area contributed by atoms with Crippen molar-refractivity contribution in [3.05, 3.63) is 111 Å². The van der Waals surface area contributed by atoms with Crippen LogP contribution in [0.15, 0.2) is 98.7 Å². The van der Waals surface area contributed by atoms with Gasteiger partial charge in [-0.25, -0.2) is 72.1 Å². The monoisotopic (exact) mass is 1480 g/mol. The van der Waals surface area contributed by atoms with Crippen LogP contribution in [0, 0.1) is 41.5 Å². The van der Waals surface area contributed by atoms with E-state index in [1.807, 2.05) is 47.0 Å². The Labute approximate surface area is 557 Å². The first-order valence-corrected chi connectivity index (χ1v) is 42.3. The fourth-order valence-corrected chi connectivity index (χ4v) is 18.4. The number of primary sulfonamides is 2. The van der Waals surface area contributed by atoms with Crippen LogP contribution < -0.4 is 19.8 Å². The summed E-state index contributed by atoms with van der Waals surface area (Å²) in [6.45, 7) is 39.4. The van der Waals surface area contributed by atoms with E-state index in [2.05, 4.69) is 43.4 Å². The smallest absolute Gasteiger partial charge is 0.341 e. The van der Waals surface area contributed by atoms with Gasteiger partial charge in [0.1, 0.15) is 59.5 Å². The first-order valence-electron chi connectivity index (χ1n) is 27.9. The van der Waals surface area contributed by atoms with Crippen molar-refractivity contribution in [2.24, 2.45) is 19.4 Å². The second-order valence-corrected chi connectivity index (χ2v) is 45.0. The van der Waals surface area contributed by atoms with Gasteiger partial charge in [-0.2, -0.15) is 0 Å². The standard InChI is InChI=1S/C14H28N2O3SSi.C14H27NO4SSi.C8H13NO4S.C7H7ClO5S.C7H9NO5S.C7H8O3/c1-10-11(14(5,6)17)9-12(19-10)20(15,18)16-21(7,8)13(2,3)4;1-10-11(14(5,6)16)9-12(19-10)20(17,18)15-21(7,8)13(2,3)4;1-5-6(8(2,3)10)4-7(13-5)14(9,11)12;2*1-4-5(7(9)12-2)3-6(13-4)14(8,10)11;1-5-6(3-4-10-5)7(8)9-2/h9,17H,1-8H3,(H2,15,16,18);9,15-16H,1-8H3;4,10H,1-3H3,(H2,9,11,12);3H,1-2H3;3H,1-2H3,(H2,8,10,11);3-4H,1-2H3. The van der Waals surface area contributed by atoms with Crippen molar-refractivity contribution >= 4 is 94.1 Å². The van der Waals surface area contributed by atoms with E-state index in [9.17, 15) is 67.6 Å². The second-order valence-electron chi connectivity index (χ2n) is 25.7. The van der Waals surface area contributed by atoms with Gasteiger partial charge in [-0.15, -0.1) is 0 Å². The number of carbonyl (C=O) groups is 3. The molecule has 0 amide bonds. The summed E-state index contributed by atoms with van der Waals surface area (Å²) in [7, 11) is -14.2. The average molecular weight is 1480 g/mol. The molecule has 6 rings (SSSR count). The number of aliphatic hydroxyl groups is 3. The maximum atomic E-state index is 12.8. The molecule has 0 aliphatic carbocycles. The van der Waals surface area contributed by atoms with Crippen molar-refractivity contribution in [2.75, 3.05) is 21.3 Å². The molecule has 10 N–H and O–H groups in total. The summed E-state index contributed by atoms with van der Waals surface area (Å²) in [5.41, 5.74) is -1.28. The molecule has 6 heterocycles. The Bertz CT molecular complexity index is 4150. The predicted molar refractivity (Wildman–Crippen MR) is 354 cm³/mol. The second kappa shape index (κ2) is 31.2. The van der Waals surface area contributed by atoms with Crippen LogP contribution in [0.3, 0.4) is 0 Å². The molecular formula is C57H92ClN5O24S5Si2. The van der Waals surface area contributed by atoms with Gasteiger partial charge < -0.3 is 56.0 Å². The van der Waals surface area contributed by atoms with Crippen molar-refractivity contribution in [1.29, 1.82) is 0 Å². The summed E-state index contributed by atoms with van der Waals surface area (Å²) in [6, 6.07) is 7.87. The summed E-state index contributed by atoms with van der Waals surface area (Å²) < 4.78 is 154. The van der Waals surface area contributed by atoms with Crippen molar-refractivity contribution in [3.63, 3.8) is 0 Å². The van der Waals surface area contributed by atoms with Gasteiger partial charge in [0.15, 0.2) is 18.2 Å². The van der Waals surface area contributed by atoms with E-state index in [0.29, 0.717) is 45.3 Å². The number of hydrogen-bond acceptors (Lipinski definition) is 25. The van der Waals surface area contributed by atoms with E-state index < -0.39 is 104 Å². The van der Waals surface area contributed by atoms with Crippen molar-refractivity contribution < 1.29 is 108 Å². The van der Waals surface area contributed by atoms with Gasteiger partial charge in [0.2, 0.25) is 25.5 Å². The minimum Gasteiger partial charge on any atom is -0.469 e. The highest BCUT2D eigenvalue weighted by Gasteiger charge is 2.42. The van der Waals surface area contributed by atoms with Crippen LogP contribution in [0.4, 0.5) is 0 Å². The third kappa shape index (κ3) is 24.4. The minimum absolute atomic E-state index is 0.0479. The Morgan fingerprint density at radius 1 is 0.479 bits per heavy atom. The van der Waals surface area contributed by atoms with Crippen molar-refractivity contribution in [2.45, 2.75) is 203 Å². The van der Waals surface area contributed by atoms with Crippen LogP contribution in [-0.4, -0.2) is 109 Å². The zero-order valence-electron chi connectivity index (χ0n) is 57.6. The van der Waals surface area contributed by atoms with Crippen molar-refractivity contribution in [3.8, 4) is 0 Å². The predicted octanol–water partition coefficient (Wildman–Crippen LogP) is 9.78. The third-order valence-electron chi connectivity index (χ3n) is 14.3. The zero-order chi connectivity index (χ0) is 74.3. The molecule has 1 atom stereocenters. The van der Waals surface area contributed by atoms with Crippen LogP contribution in [0.1, 0.15) is 165 Å². The van der Waals surface area contributed by atoms with E-state index in [-0.39, 0.29) is 54.0 Å². The molecule has 534 valence electrons. The number of esters is 3. The first-order chi connectivity index (χ1) is 41.7. The number of methoxy groups -OCH3 is 3. The molecule has 94 heavy (non-hydrogen) atoms. The number of nitrogens with one attached hydrogen (secondary N) is 1. The quantitative estimate of drug-likeness (QED) is 0.0231. The molecular weight excluding hydrogens is 1390 g/mol. The highest BCUT2D eigenvalue weighted by Crippen LogP contribution is 2.39. The van der Waals surface area contributed by atoms with Gasteiger partial charge in [-0.05, 0) is 112 Å². The molecule has 0 aromatic carbocycles. The Morgan fingerprint density at radius 3 is 1.06 bits per heavy atom. The van der Waals surface area contributed by atoms with Gasteiger partial charge >= 0.3 is 17.9 Å². The number of aryl methyl sites for hydroxylation is 6. The molecule has 0 aliphatic rings. The van der Waals surface area contributed by atoms with E-state index in [1.54, 1.807) is 67.5 Å². The first kappa shape index (κ1) is 86.3. The summed E-state index contributed by atoms with van der Waals surface area (Å²) in [6.07, 6.45) is 1.46. The molecule has 0 bridgehead atoms. The normalized spacial score (nSPS) is 13.3. The SMILES string of the molecule is COC(=O)c1cc(S(=O)(=O)Cl)oc1C.COC(=O)c1cc(S(N)(=O)=O)oc1C.COC(=O)c1ccoc1C.Cc1oc(S(=O)(=O)N[Si](C)(C)C(C)(C)C)cc1C(C)(C)O.Cc1oc(S(N)(=O)=N[Si](C)(C)C(C)(C)C)cc1C(C)(C)O.Cc1oc(S(N)(=O)=O)cc1C(C)(C)O. The number of furan rings is 6. The van der Waals surface area contributed by atoms with Gasteiger partial charge in [-0.3, -0.25) is 4.03 Å².